The zero-order valence-electron chi connectivity index (χ0n) is 9.00. The summed E-state index contributed by atoms with van der Waals surface area (Å²) in [6, 6.07) is 0. The van der Waals surface area contributed by atoms with Crippen LogP contribution in [0.4, 0.5) is 0 Å². The second-order valence-corrected chi connectivity index (χ2v) is 5.22. The maximum atomic E-state index is 11.7. The molecule has 0 saturated carbocycles. The topological polar surface area (TPSA) is 43.1 Å². The van der Waals surface area contributed by atoms with Crippen molar-refractivity contribution < 1.29 is 9.53 Å². The monoisotopic (exact) mass is 215 g/mol. The minimum absolute atomic E-state index is 0.0338. The Labute approximate surface area is 89.2 Å². The molecule has 0 saturated heterocycles. The summed E-state index contributed by atoms with van der Waals surface area (Å²) in [5.41, 5.74) is -0.839. The Hall–Kier alpha value is -0.510. The molecule has 1 heterocycles. The summed E-state index contributed by atoms with van der Waals surface area (Å²) in [4.78, 5) is 11.5. The van der Waals surface area contributed by atoms with Crippen LogP contribution in [0, 0.1) is 5.21 Å². The number of carbonyl (C=O) groups is 1. The highest BCUT2D eigenvalue weighted by Crippen LogP contribution is 2.25. The summed E-state index contributed by atoms with van der Waals surface area (Å²) in [6.07, 6.45) is 2.54. The van der Waals surface area contributed by atoms with Crippen molar-refractivity contribution in [3.63, 3.8) is 0 Å². The maximum Gasteiger partial charge on any atom is 0.230 e. The van der Waals surface area contributed by atoms with Crippen molar-refractivity contribution in [2.75, 3.05) is 5.75 Å². The van der Waals surface area contributed by atoms with E-state index in [2.05, 4.69) is 6.92 Å². The minimum Gasteiger partial charge on any atom is -0.623 e. The van der Waals surface area contributed by atoms with E-state index < -0.39 is 5.54 Å². The molecule has 0 N–H and O–H groups in total. The van der Waals surface area contributed by atoms with E-state index in [1.54, 1.807) is 13.8 Å². The number of nitrogens with zero attached hydrogens (tertiary/aromatic N) is 1. The molecule has 4 heteroatoms. The van der Waals surface area contributed by atoms with Crippen LogP contribution < -0.4 is 0 Å². The molecule has 14 heavy (non-hydrogen) atoms. The summed E-state index contributed by atoms with van der Waals surface area (Å²) >= 11 is 1.53. The summed E-state index contributed by atoms with van der Waals surface area (Å²) in [5, 5.41) is 12.4. The molecule has 0 aliphatic carbocycles. The Morgan fingerprint density at radius 2 is 2.21 bits per heavy atom. The van der Waals surface area contributed by atoms with E-state index in [-0.39, 0.29) is 5.78 Å². The quantitative estimate of drug-likeness (QED) is 0.412. The van der Waals surface area contributed by atoms with E-state index in [1.807, 2.05) is 0 Å². The molecule has 0 fully saturated rings. The second kappa shape index (κ2) is 4.34. The van der Waals surface area contributed by atoms with Crippen LogP contribution in [0.25, 0.3) is 0 Å². The predicted octanol–water partition coefficient (Wildman–Crippen LogP) is 2.18. The summed E-state index contributed by atoms with van der Waals surface area (Å²) in [5.74, 6) is 0.972. The van der Waals surface area contributed by atoms with Gasteiger partial charge in [-0.25, -0.2) is 0 Å². The van der Waals surface area contributed by atoms with Crippen LogP contribution in [0.1, 0.15) is 40.0 Å². The van der Waals surface area contributed by atoms with Gasteiger partial charge in [0.25, 0.3) is 0 Å². The van der Waals surface area contributed by atoms with E-state index in [0.29, 0.717) is 11.5 Å². The SMILES string of the molecule is CCCCSC1=[N+]([O-])C(C)(C)C(=O)C1. The van der Waals surface area contributed by atoms with Crippen molar-refractivity contribution in [2.24, 2.45) is 0 Å². The molecule has 3 nitrogen and oxygen atoms in total. The lowest BCUT2D eigenvalue weighted by molar-refractivity contribution is -0.513. The van der Waals surface area contributed by atoms with Crippen LogP contribution in [-0.2, 0) is 4.79 Å². The van der Waals surface area contributed by atoms with E-state index in [4.69, 9.17) is 0 Å². The normalized spacial score (nSPS) is 20.6. The second-order valence-electron chi connectivity index (χ2n) is 4.05. The molecule has 0 aromatic rings. The van der Waals surface area contributed by atoms with Gasteiger partial charge in [0.05, 0.1) is 0 Å². The smallest absolute Gasteiger partial charge is 0.230 e. The van der Waals surface area contributed by atoms with Gasteiger partial charge in [-0.05, 0) is 6.42 Å². The molecule has 0 aromatic carbocycles. The molecule has 1 aliphatic rings. The maximum absolute atomic E-state index is 11.7. The molecular formula is C10H17NO2S. The molecule has 80 valence electrons. The van der Waals surface area contributed by atoms with Crippen LogP contribution in [0.3, 0.4) is 0 Å². The molecule has 0 radical (unpaired) electrons. The van der Waals surface area contributed by atoms with Crippen LogP contribution in [-0.4, -0.2) is 26.9 Å². The summed E-state index contributed by atoms with van der Waals surface area (Å²) in [6.45, 7) is 5.50. The van der Waals surface area contributed by atoms with Gasteiger partial charge in [0, 0.05) is 19.6 Å². The van der Waals surface area contributed by atoms with Crippen molar-refractivity contribution >= 4 is 22.6 Å². The number of hydroxylamine groups is 1. The van der Waals surface area contributed by atoms with E-state index in [9.17, 15) is 10.0 Å². The summed E-state index contributed by atoms with van der Waals surface area (Å²) in [7, 11) is 0. The zero-order valence-corrected chi connectivity index (χ0v) is 9.82. The first kappa shape index (κ1) is 11.6. The Bertz CT molecular complexity index is 271. The van der Waals surface area contributed by atoms with Crippen molar-refractivity contribution in [2.45, 2.75) is 45.6 Å². The molecule has 0 bridgehead atoms. The van der Waals surface area contributed by atoms with Gasteiger partial charge >= 0.3 is 0 Å². The first-order valence-electron chi connectivity index (χ1n) is 4.99. The van der Waals surface area contributed by atoms with Crippen LogP contribution >= 0.6 is 11.8 Å². The average Bonchev–Trinajstić information content (AvgIpc) is 2.31. The van der Waals surface area contributed by atoms with Crippen LogP contribution in [0.15, 0.2) is 0 Å². The number of thioether (sulfide) groups is 1. The Kier molecular flexibility index (Phi) is 3.59. The number of ketones is 1. The standard InChI is InChI=1S/C10H17NO2S/c1-4-5-6-14-9-7-8(12)10(2,3)11(9)13/h4-7H2,1-3H3. The predicted molar refractivity (Wildman–Crippen MR) is 59.7 cm³/mol. The van der Waals surface area contributed by atoms with Crippen molar-refractivity contribution in [1.29, 1.82) is 0 Å². The number of unbranched alkanes of at least 4 members (excludes halogenated alkanes) is 1. The van der Waals surface area contributed by atoms with Gasteiger partial charge < -0.3 is 5.21 Å². The van der Waals surface area contributed by atoms with Crippen molar-refractivity contribution in [3.05, 3.63) is 5.21 Å². The van der Waals surface area contributed by atoms with Crippen molar-refractivity contribution in [3.8, 4) is 0 Å². The number of hydrogen-bond acceptors (Lipinski definition) is 3. The first-order chi connectivity index (χ1) is 6.50. The largest absolute Gasteiger partial charge is 0.623 e. The van der Waals surface area contributed by atoms with E-state index >= 15 is 0 Å². The van der Waals surface area contributed by atoms with Gasteiger partial charge in [-0.1, -0.05) is 25.1 Å². The molecule has 1 rings (SSSR count). The lowest BCUT2D eigenvalue weighted by atomic mass is 10.0. The fraction of sp³-hybridized carbons (Fsp3) is 0.800. The summed E-state index contributed by atoms with van der Waals surface area (Å²) < 4.78 is 0.885. The third kappa shape index (κ3) is 2.11. The van der Waals surface area contributed by atoms with E-state index in [1.165, 1.54) is 11.8 Å². The fourth-order valence-electron chi connectivity index (χ4n) is 1.29. The third-order valence-electron chi connectivity index (χ3n) is 2.49. The lowest BCUT2D eigenvalue weighted by Crippen LogP contribution is -2.35. The van der Waals surface area contributed by atoms with Gasteiger partial charge in [0.1, 0.15) is 6.42 Å². The van der Waals surface area contributed by atoms with E-state index in [0.717, 1.165) is 23.3 Å². The van der Waals surface area contributed by atoms with Gasteiger partial charge in [0.15, 0.2) is 0 Å². The highest BCUT2D eigenvalue weighted by molar-refractivity contribution is 8.13. The molecule has 0 amide bonds. The van der Waals surface area contributed by atoms with Gasteiger partial charge in [0.2, 0.25) is 16.4 Å². The molecular weight excluding hydrogens is 198 g/mol. The third-order valence-corrected chi connectivity index (χ3v) is 3.63. The number of Topliss-reactive ketones (excluding diaryl/α,β-unsaturated/α-hetero) is 1. The molecule has 0 aromatic heterocycles. The first-order valence-corrected chi connectivity index (χ1v) is 5.98. The molecule has 1 aliphatic heterocycles. The highest BCUT2D eigenvalue weighted by Gasteiger charge is 2.45. The van der Waals surface area contributed by atoms with Gasteiger partial charge in [-0.15, -0.1) is 0 Å². The molecule has 0 unspecified atom stereocenters. The minimum atomic E-state index is -0.839. The van der Waals surface area contributed by atoms with Crippen molar-refractivity contribution in [1.82, 2.24) is 0 Å². The van der Waals surface area contributed by atoms with Crippen LogP contribution in [0.5, 0.6) is 0 Å². The van der Waals surface area contributed by atoms with Crippen LogP contribution in [0.2, 0.25) is 0 Å². The number of rotatable bonds is 3. The number of hydrogen-bond donors (Lipinski definition) is 0. The highest BCUT2D eigenvalue weighted by atomic mass is 32.2. The molecule has 0 spiro atoms. The zero-order chi connectivity index (χ0) is 10.8. The number of carbonyl (C=O) groups excluding carboxylic acids is 1. The fourth-order valence-corrected chi connectivity index (χ4v) is 2.54. The Balaban J connectivity index is 2.62. The van der Waals surface area contributed by atoms with Gasteiger partial charge in [-0.2, -0.15) is 4.74 Å². The lowest BCUT2D eigenvalue weighted by Gasteiger charge is -2.16. The molecule has 0 atom stereocenters. The Morgan fingerprint density at radius 3 is 2.64 bits per heavy atom. The average molecular weight is 215 g/mol. The van der Waals surface area contributed by atoms with Gasteiger partial charge in [-0.3, -0.25) is 4.79 Å². The Morgan fingerprint density at radius 1 is 1.57 bits per heavy atom.